The molecule has 2 amide bonds. The van der Waals surface area contributed by atoms with Crippen LogP contribution in [-0.4, -0.2) is 103 Å². The minimum Gasteiger partial charge on any atom is -0.452 e. The van der Waals surface area contributed by atoms with Gasteiger partial charge in [0.25, 0.3) is 11.8 Å². The Kier molecular flexibility index (Phi) is 18.3. The van der Waals surface area contributed by atoms with Gasteiger partial charge in [-0.3, -0.25) is 14.5 Å². The first-order chi connectivity index (χ1) is 38.6. The van der Waals surface area contributed by atoms with Crippen molar-refractivity contribution in [1.29, 1.82) is 0 Å². The molecule has 7 aromatic rings. The Hall–Kier alpha value is -7.15. The zero-order valence-corrected chi connectivity index (χ0v) is 43.9. The number of amides is 2. The molecule has 0 unspecified atom stereocenters. The lowest BCUT2D eigenvalue weighted by atomic mass is 9.95. The quantitative estimate of drug-likeness (QED) is 0.0496. The number of alkyl halides is 1. The van der Waals surface area contributed by atoms with Gasteiger partial charge < -0.3 is 42.6 Å². The molecule has 0 aromatic heterocycles. The molecule has 7 aromatic carbocycles. The van der Waals surface area contributed by atoms with E-state index in [1.165, 1.54) is 36.4 Å². The Morgan fingerprint density at radius 1 is 0.456 bits per heavy atom. The summed E-state index contributed by atoms with van der Waals surface area (Å²) in [6.07, 6.45) is -13.1. The highest BCUT2D eigenvalue weighted by Crippen LogP contribution is 2.39. The third-order valence-corrected chi connectivity index (χ3v) is 14.3. The molecular formula is C62H54Cl2FNO13. The average molecular weight is 1110 g/mol. The van der Waals surface area contributed by atoms with E-state index in [4.69, 9.17) is 65.8 Å². The molecule has 3 heterocycles. The Balaban J connectivity index is 1.03. The fourth-order valence-corrected chi connectivity index (χ4v) is 10.0. The Labute approximate surface area is 465 Å². The van der Waals surface area contributed by atoms with Crippen molar-refractivity contribution < 1.29 is 66.2 Å². The number of carbonyl (C=O) groups excluding carboxylic acids is 4. The maximum Gasteiger partial charge on any atom is 0.338 e. The summed E-state index contributed by atoms with van der Waals surface area (Å²) in [5, 5.41) is -0.0800. The predicted octanol–water partition coefficient (Wildman–Crippen LogP) is 10.8. The van der Waals surface area contributed by atoms with Crippen LogP contribution in [0.5, 0.6) is 0 Å². The van der Waals surface area contributed by atoms with Gasteiger partial charge in [-0.05, 0) is 58.7 Å². The van der Waals surface area contributed by atoms with Crippen molar-refractivity contribution in [3.8, 4) is 0 Å². The summed E-state index contributed by atoms with van der Waals surface area (Å²) >= 11 is 12.6. The zero-order valence-electron chi connectivity index (χ0n) is 42.4. The van der Waals surface area contributed by atoms with Crippen LogP contribution in [-0.2, 0) is 69.1 Å². The van der Waals surface area contributed by atoms with E-state index in [0.717, 1.165) is 22.3 Å². The minimum atomic E-state index is -2.59. The largest absolute Gasteiger partial charge is 0.452 e. The number of halogens is 3. The van der Waals surface area contributed by atoms with Crippen molar-refractivity contribution in [3.63, 3.8) is 0 Å². The molecule has 0 spiro atoms. The molecule has 17 heteroatoms. The molecule has 10 atom stereocenters. The first-order valence-electron chi connectivity index (χ1n) is 25.6. The van der Waals surface area contributed by atoms with E-state index < -0.39 is 91.8 Å². The molecule has 406 valence electrons. The SMILES string of the molecule is O=C(O[C@H]1[C@H](OC(=O)c2ccccc2)[C@@H](CO[C@H]2O[C@H](COCc3ccccc3)[C@@H](OCc3ccccc3)[C@H](OCc3ccccc3)[C@H]2OCc2ccccc2)O[C@@H](F)[C@@H]1N1C(=O)c2cc(Cl)c(Cl)cc2C1=O)c1ccccc1. The maximum absolute atomic E-state index is 17.6. The number of carbonyl (C=O) groups is 4. The van der Waals surface area contributed by atoms with Gasteiger partial charge in [0.2, 0.25) is 6.36 Å². The number of imide groups is 1. The summed E-state index contributed by atoms with van der Waals surface area (Å²) < 4.78 is 76.7. The summed E-state index contributed by atoms with van der Waals surface area (Å²) in [6, 6.07) is 54.3. The van der Waals surface area contributed by atoms with Crippen LogP contribution in [0.4, 0.5) is 4.39 Å². The van der Waals surface area contributed by atoms with E-state index in [2.05, 4.69) is 0 Å². The first kappa shape index (κ1) is 55.2. The van der Waals surface area contributed by atoms with Gasteiger partial charge in [-0.1, -0.05) is 181 Å². The predicted molar refractivity (Wildman–Crippen MR) is 288 cm³/mol. The van der Waals surface area contributed by atoms with Gasteiger partial charge in [0.05, 0.1) is 71.9 Å². The summed E-state index contributed by atoms with van der Waals surface area (Å²) in [7, 11) is 0. The third kappa shape index (κ3) is 13.3. The van der Waals surface area contributed by atoms with Crippen molar-refractivity contribution >= 4 is 47.0 Å². The molecule has 3 aliphatic rings. The highest BCUT2D eigenvalue weighted by atomic mass is 35.5. The second-order valence-electron chi connectivity index (χ2n) is 18.9. The van der Waals surface area contributed by atoms with E-state index in [1.54, 1.807) is 36.4 Å². The number of ether oxygens (including phenoxy) is 9. The van der Waals surface area contributed by atoms with Crippen LogP contribution in [0, 0.1) is 0 Å². The summed E-state index contributed by atoms with van der Waals surface area (Å²) in [5.41, 5.74) is 3.20. The molecule has 14 nitrogen and oxygen atoms in total. The fourth-order valence-electron chi connectivity index (χ4n) is 9.68. The summed E-state index contributed by atoms with van der Waals surface area (Å²) in [5.74, 6) is -3.90. The number of esters is 2. The van der Waals surface area contributed by atoms with Gasteiger partial charge in [0.1, 0.15) is 36.6 Å². The topological polar surface area (TPSA) is 155 Å². The number of rotatable bonds is 21. The molecule has 2 fully saturated rings. The number of hydrogen-bond acceptors (Lipinski definition) is 13. The van der Waals surface area contributed by atoms with E-state index >= 15 is 4.39 Å². The van der Waals surface area contributed by atoms with Gasteiger partial charge in [-0.2, -0.15) is 0 Å². The average Bonchev–Trinajstić information content (AvgIpc) is 4.01. The lowest BCUT2D eigenvalue weighted by Crippen LogP contribution is -2.67. The number of hydrogen-bond donors (Lipinski definition) is 0. The Morgan fingerprint density at radius 2 is 0.848 bits per heavy atom. The van der Waals surface area contributed by atoms with Gasteiger partial charge in [0, 0.05) is 0 Å². The van der Waals surface area contributed by atoms with E-state index in [1.807, 2.05) is 121 Å². The number of fused-ring (bicyclic) bond motifs is 1. The molecule has 0 saturated carbocycles. The van der Waals surface area contributed by atoms with Crippen molar-refractivity contribution in [2.24, 2.45) is 0 Å². The van der Waals surface area contributed by atoms with Crippen LogP contribution in [0.2, 0.25) is 10.0 Å². The van der Waals surface area contributed by atoms with Crippen LogP contribution in [0.15, 0.2) is 194 Å². The molecule has 3 aliphatic heterocycles. The van der Waals surface area contributed by atoms with Crippen molar-refractivity contribution in [2.45, 2.75) is 87.8 Å². The highest BCUT2D eigenvalue weighted by molar-refractivity contribution is 6.43. The van der Waals surface area contributed by atoms with Crippen LogP contribution in [0.3, 0.4) is 0 Å². The van der Waals surface area contributed by atoms with Crippen LogP contribution >= 0.6 is 23.2 Å². The van der Waals surface area contributed by atoms with Crippen molar-refractivity contribution in [1.82, 2.24) is 4.90 Å². The van der Waals surface area contributed by atoms with Crippen molar-refractivity contribution in [3.05, 3.63) is 249 Å². The molecule has 0 N–H and O–H groups in total. The standard InChI is InChI=1S/C62H54Cl2FNO13/c63-47-31-45-46(32-48(47)64)59(68)66(58(45)67)51-54(79-61(70)44-29-17-6-18-30-44)53(78-60(69)43-27-15-5-16-28-43)50(76-57(51)65)38-75-62-56(74-36-42-25-13-4-14-26-42)55(73-35-41-23-11-3-12-24-41)52(72-34-40-21-9-2-10-22-40)49(77-62)37-71-33-39-19-7-1-8-20-39/h1-32,49-57,62H,33-38H2/t49-,50-,51-,52-,53-,54-,55+,56-,57-,62+/m1/s1. The summed E-state index contributed by atoms with van der Waals surface area (Å²) in [6.45, 7) is -0.0938. The smallest absolute Gasteiger partial charge is 0.338 e. The lowest BCUT2D eigenvalue weighted by molar-refractivity contribution is -0.337. The van der Waals surface area contributed by atoms with Gasteiger partial charge in [0.15, 0.2) is 18.5 Å². The first-order valence-corrected chi connectivity index (χ1v) is 26.4. The monoisotopic (exact) mass is 1110 g/mol. The third-order valence-electron chi connectivity index (χ3n) is 13.6. The van der Waals surface area contributed by atoms with Gasteiger partial charge in [-0.15, -0.1) is 0 Å². The molecular weight excluding hydrogens is 1060 g/mol. The van der Waals surface area contributed by atoms with E-state index in [-0.39, 0.29) is 65.3 Å². The normalized spacial score (nSPS) is 23.7. The van der Waals surface area contributed by atoms with Crippen LogP contribution in [0.25, 0.3) is 0 Å². The molecule has 2 saturated heterocycles. The molecule has 0 radical (unpaired) electrons. The Morgan fingerprint density at radius 3 is 1.32 bits per heavy atom. The lowest BCUT2D eigenvalue weighted by Gasteiger charge is -2.47. The number of nitrogens with zero attached hydrogens (tertiary/aromatic N) is 1. The maximum atomic E-state index is 17.6. The van der Waals surface area contributed by atoms with Crippen LogP contribution in [0.1, 0.15) is 63.7 Å². The number of benzene rings is 7. The van der Waals surface area contributed by atoms with Gasteiger partial charge in [-0.25, -0.2) is 14.0 Å². The zero-order chi connectivity index (χ0) is 54.7. The molecule has 10 rings (SSSR count). The fraction of sp³-hybridized carbons (Fsp3) is 0.258. The van der Waals surface area contributed by atoms with Crippen LogP contribution < -0.4 is 0 Å². The van der Waals surface area contributed by atoms with E-state index in [0.29, 0.717) is 4.90 Å². The Bertz CT molecular complexity index is 3110. The van der Waals surface area contributed by atoms with E-state index in [9.17, 15) is 19.2 Å². The summed E-state index contributed by atoms with van der Waals surface area (Å²) in [4.78, 5) is 57.8. The van der Waals surface area contributed by atoms with Crippen molar-refractivity contribution in [2.75, 3.05) is 13.2 Å². The second kappa shape index (κ2) is 26.2. The van der Waals surface area contributed by atoms with Gasteiger partial charge >= 0.3 is 11.9 Å². The highest BCUT2D eigenvalue weighted by Gasteiger charge is 2.58. The molecule has 0 bridgehead atoms. The minimum absolute atomic E-state index is 0.0233. The molecule has 79 heavy (non-hydrogen) atoms. The second-order valence-corrected chi connectivity index (χ2v) is 19.8. The molecule has 0 aliphatic carbocycles.